The normalized spacial score (nSPS) is 20.0. The molecule has 0 bridgehead atoms. The van der Waals surface area contributed by atoms with Crippen molar-refractivity contribution < 1.29 is 24.4 Å². The van der Waals surface area contributed by atoms with E-state index in [-0.39, 0.29) is 30.0 Å². The van der Waals surface area contributed by atoms with Gasteiger partial charge in [0.25, 0.3) is 5.69 Å². The predicted octanol–water partition coefficient (Wildman–Crippen LogP) is 2.78. The van der Waals surface area contributed by atoms with E-state index in [1.54, 1.807) is 6.08 Å². The third-order valence-corrected chi connectivity index (χ3v) is 4.11. The van der Waals surface area contributed by atoms with Gasteiger partial charge in [0.15, 0.2) is 0 Å². The number of aliphatic carboxylic acids is 1. The minimum absolute atomic E-state index is 0.113. The molecule has 2 atom stereocenters. The summed E-state index contributed by atoms with van der Waals surface area (Å²) >= 11 is 5.93. The van der Waals surface area contributed by atoms with Crippen LogP contribution >= 0.6 is 11.6 Å². The first-order valence-electron chi connectivity index (χ1n) is 7.04. The van der Waals surface area contributed by atoms with Gasteiger partial charge >= 0.3 is 5.97 Å². The van der Waals surface area contributed by atoms with Crippen LogP contribution in [0.3, 0.4) is 0 Å². The van der Waals surface area contributed by atoms with Crippen LogP contribution in [0.2, 0.25) is 0 Å². The van der Waals surface area contributed by atoms with Crippen molar-refractivity contribution in [2.45, 2.75) is 12.8 Å². The Morgan fingerprint density at radius 2 is 2.12 bits per heavy atom. The van der Waals surface area contributed by atoms with Gasteiger partial charge in [-0.1, -0.05) is 17.7 Å². The minimum Gasteiger partial charge on any atom is -0.494 e. The summed E-state index contributed by atoms with van der Waals surface area (Å²) in [6.07, 6.45) is 1.89. The number of hydrogen-bond acceptors (Lipinski definition) is 5. The number of hydrogen-bond donors (Lipinski definition) is 2. The molecule has 2 N–H and O–H groups in total. The van der Waals surface area contributed by atoms with Crippen molar-refractivity contribution in [3.8, 4) is 5.75 Å². The van der Waals surface area contributed by atoms with E-state index in [4.69, 9.17) is 16.3 Å². The Balaban J connectivity index is 2.23. The van der Waals surface area contributed by atoms with E-state index >= 15 is 0 Å². The van der Waals surface area contributed by atoms with E-state index < -0.39 is 28.6 Å². The number of nitro groups is 1. The number of carboxylic acids is 1. The van der Waals surface area contributed by atoms with Gasteiger partial charge in [-0.15, -0.1) is 0 Å². The number of allylic oxidation sites excluding steroid dienone is 2. The number of carbonyl (C=O) groups is 2. The van der Waals surface area contributed by atoms with Crippen LogP contribution in [0.1, 0.15) is 12.8 Å². The monoisotopic (exact) mass is 354 g/mol. The topological polar surface area (TPSA) is 119 Å². The van der Waals surface area contributed by atoms with Crippen LogP contribution in [0.4, 0.5) is 11.4 Å². The number of ether oxygens (including phenoxy) is 1. The lowest BCUT2D eigenvalue weighted by Gasteiger charge is -2.26. The van der Waals surface area contributed by atoms with Crippen LogP contribution in [0.25, 0.3) is 0 Å². The van der Waals surface area contributed by atoms with Gasteiger partial charge in [0, 0.05) is 11.1 Å². The molecule has 0 aliphatic heterocycles. The molecule has 0 aromatic heterocycles. The number of anilines is 1. The average molecular weight is 355 g/mol. The summed E-state index contributed by atoms with van der Waals surface area (Å²) < 4.78 is 5.05. The first kappa shape index (κ1) is 17.7. The summed E-state index contributed by atoms with van der Waals surface area (Å²) in [5.74, 6) is -3.20. The fourth-order valence-corrected chi connectivity index (χ4v) is 2.78. The molecule has 0 radical (unpaired) electrons. The third-order valence-electron chi connectivity index (χ3n) is 3.80. The average Bonchev–Trinajstić information content (AvgIpc) is 2.54. The van der Waals surface area contributed by atoms with Gasteiger partial charge in [-0.2, -0.15) is 0 Å². The molecule has 8 nitrogen and oxygen atoms in total. The summed E-state index contributed by atoms with van der Waals surface area (Å²) in [5, 5.41) is 23.0. The SMILES string of the molecule is COc1cc([N+](=O)[O-])ccc1NC(=O)[C@H]1CC(Cl)=CC[C@@H]1C(=O)O. The molecule has 9 heteroatoms. The lowest BCUT2D eigenvalue weighted by atomic mass is 9.82. The summed E-state index contributed by atoms with van der Waals surface area (Å²) in [4.78, 5) is 34.0. The van der Waals surface area contributed by atoms with Crippen LogP contribution < -0.4 is 10.1 Å². The lowest BCUT2D eigenvalue weighted by molar-refractivity contribution is -0.384. The van der Waals surface area contributed by atoms with E-state index in [1.165, 1.54) is 25.3 Å². The molecule has 0 saturated carbocycles. The van der Waals surface area contributed by atoms with E-state index in [2.05, 4.69) is 5.32 Å². The maximum atomic E-state index is 12.5. The van der Waals surface area contributed by atoms with E-state index in [1.807, 2.05) is 0 Å². The summed E-state index contributed by atoms with van der Waals surface area (Å²) in [6.45, 7) is 0. The van der Waals surface area contributed by atoms with Gasteiger partial charge < -0.3 is 15.2 Å². The largest absolute Gasteiger partial charge is 0.494 e. The number of non-ortho nitro benzene ring substituents is 1. The molecule has 0 spiro atoms. The third kappa shape index (κ3) is 3.83. The van der Waals surface area contributed by atoms with Gasteiger partial charge in [-0.3, -0.25) is 19.7 Å². The number of benzene rings is 1. The van der Waals surface area contributed by atoms with Crippen molar-refractivity contribution in [1.29, 1.82) is 0 Å². The standard InChI is InChI=1S/C15H15ClN2O6/c1-24-13-7-9(18(22)23)3-5-12(13)17-14(19)11-6-8(16)2-4-10(11)15(20)21/h2-3,5,7,10-11H,4,6H2,1H3,(H,17,19)(H,20,21)/t10-,11-/m0/s1. The zero-order valence-corrected chi connectivity index (χ0v) is 13.4. The quantitative estimate of drug-likeness (QED) is 0.619. The van der Waals surface area contributed by atoms with Gasteiger partial charge in [0.2, 0.25) is 5.91 Å². The Hall–Kier alpha value is -2.61. The smallest absolute Gasteiger partial charge is 0.307 e. The number of carboxylic acid groups (broad SMARTS) is 1. The lowest BCUT2D eigenvalue weighted by Crippen LogP contribution is -2.35. The molecule has 0 fully saturated rings. The fraction of sp³-hybridized carbons (Fsp3) is 0.333. The molecule has 1 amide bonds. The fourth-order valence-electron chi connectivity index (χ4n) is 2.53. The molecule has 1 aromatic rings. The van der Waals surface area contributed by atoms with Gasteiger partial charge in [-0.25, -0.2) is 0 Å². The van der Waals surface area contributed by atoms with Crippen molar-refractivity contribution in [2.24, 2.45) is 11.8 Å². The number of carbonyl (C=O) groups excluding carboxylic acids is 1. The Bertz CT molecular complexity index is 718. The molecule has 0 heterocycles. The van der Waals surface area contributed by atoms with Crippen LogP contribution in [0.15, 0.2) is 29.3 Å². The van der Waals surface area contributed by atoms with E-state index in [9.17, 15) is 24.8 Å². The summed E-state index contributed by atoms with van der Waals surface area (Å²) in [5.41, 5.74) is 0.0415. The van der Waals surface area contributed by atoms with Crippen molar-refractivity contribution in [1.82, 2.24) is 0 Å². The van der Waals surface area contributed by atoms with Gasteiger partial charge in [0.05, 0.1) is 35.6 Å². The molecule has 128 valence electrons. The molecular weight excluding hydrogens is 340 g/mol. The number of nitrogens with one attached hydrogen (secondary N) is 1. The number of halogens is 1. The zero-order valence-electron chi connectivity index (χ0n) is 12.7. The highest BCUT2D eigenvalue weighted by Gasteiger charge is 2.36. The molecule has 1 aliphatic carbocycles. The number of nitro benzene ring substituents is 1. The van der Waals surface area contributed by atoms with Crippen molar-refractivity contribution >= 4 is 34.9 Å². The highest BCUT2D eigenvalue weighted by atomic mass is 35.5. The van der Waals surface area contributed by atoms with E-state index in [0.29, 0.717) is 5.03 Å². The van der Waals surface area contributed by atoms with Crippen LogP contribution in [-0.2, 0) is 9.59 Å². The summed E-state index contributed by atoms with van der Waals surface area (Å²) in [7, 11) is 1.31. The highest BCUT2D eigenvalue weighted by Crippen LogP contribution is 2.34. The molecule has 1 aliphatic rings. The van der Waals surface area contributed by atoms with Gasteiger partial charge in [0.1, 0.15) is 5.75 Å². The number of rotatable bonds is 5. The molecular formula is C15H15ClN2O6. The molecule has 24 heavy (non-hydrogen) atoms. The molecule has 2 rings (SSSR count). The first-order chi connectivity index (χ1) is 11.3. The highest BCUT2D eigenvalue weighted by molar-refractivity contribution is 6.29. The zero-order chi connectivity index (χ0) is 17.9. The second-order valence-electron chi connectivity index (χ2n) is 5.27. The van der Waals surface area contributed by atoms with Crippen LogP contribution in [0.5, 0.6) is 5.75 Å². The molecule has 0 unspecified atom stereocenters. The van der Waals surface area contributed by atoms with Crippen LogP contribution in [0, 0.1) is 22.0 Å². The Labute approximate surface area is 142 Å². The minimum atomic E-state index is -1.08. The Morgan fingerprint density at radius 1 is 1.42 bits per heavy atom. The Morgan fingerprint density at radius 3 is 2.71 bits per heavy atom. The summed E-state index contributed by atoms with van der Waals surface area (Å²) in [6, 6.07) is 3.74. The molecule has 0 saturated heterocycles. The number of methoxy groups -OCH3 is 1. The van der Waals surface area contributed by atoms with Crippen molar-refractivity contribution in [3.05, 3.63) is 39.4 Å². The molecule has 1 aromatic carbocycles. The second-order valence-corrected chi connectivity index (χ2v) is 5.76. The van der Waals surface area contributed by atoms with Gasteiger partial charge in [-0.05, 0) is 18.9 Å². The maximum absolute atomic E-state index is 12.5. The number of amides is 1. The Kier molecular flexibility index (Phi) is 5.40. The van der Waals surface area contributed by atoms with Crippen molar-refractivity contribution in [3.63, 3.8) is 0 Å². The first-order valence-corrected chi connectivity index (χ1v) is 7.42. The van der Waals surface area contributed by atoms with Crippen LogP contribution in [-0.4, -0.2) is 29.0 Å². The second kappa shape index (κ2) is 7.31. The van der Waals surface area contributed by atoms with Crippen molar-refractivity contribution in [2.75, 3.05) is 12.4 Å². The predicted molar refractivity (Wildman–Crippen MR) is 86.1 cm³/mol. The maximum Gasteiger partial charge on any atom is 0.307 e. The number of nitrogens with zero attached hydrogens (tertiary/aromatic N) is 1. The van der Waals surface area contributed by atoms with E-state index in [0.717, 1.165) is 0 Å².